The van der Waals surface area contributed by atoms with Gasteiger partial charge in [0.1, 0.15) is 11.6 Å². The van der Waals surface area contributed by atoms with Crippen molar-refractivity contribution in [3.05, 3.63) is 82.0 Å². The van der Waals surface area contributed by atoms with Crippen LogP contribution in [-0.2, 0) is 0 Å². The number of pyridine rings is 1. The quantitative estimate of drug-likeness (QED) is 0.522. The highest BCUT2D eigenvalue weighted by Gasteiger charge is 2.19. The van der Waals surface area contributed by atoms with Gasteiger partial charge in [-0.2, -0.15) is 15.0 Å². The van der Waals surface area contributed by atoms with Gasteiger partial charge in [0.15, 0.2) is 23.3 Å². The van der Waals surface area contributed by atoms with Crippen molar-refractivity contribution in [3.63, 3.8) is 0 Å². The number of rotatable bonds is 3. The number of nitrogens with zero attached hydrogens (tertiary/aromatic N) is 4. The van der Waals surface area contributed by atoms with Crippen LogP contribution in [-0.4, -0.2) is 20.7 Å². The Hall–Kier alpha value is -4.12. The van der Waals surface area contributed by atoms with Crippen LogP contribution >= 0.6 is 0 Å². The average Bonchev–Trinajstić information content (AvgIpc) is 3.13. The van der Waals surface area contributed by atoms with Gasteiger partial charge in [0.2, 0.25) is 0 Å². The summed E-state index contributed by atoms with van der Waals surface area (Å²) in [6.45, 7) is 5.92. The van der Waals surface area contributed by atoms with Crippen molar-refractivity contribution in [1.29, 1.82) is 5.26 Å². The minimum atomic E-state index is -1.14. The van der Waals surface area contributed by atoms with E-state index in [4.69, 9.17) is 4.98 Å². The second kappa shape index (κ2) is 7.61. The molecule has 0 aliphatic heterocycles. The van der Waals surface area contributed by atoms with Crippen molar-refractivity contribution in [1.82, 2.24) is 14.8 Å². The number of hydrogen-bond acceptors (Lipinski definition) is 4. The monoisotopic (exact) mass is 417 g/mol. The van der Waals surface area contributed by atoms with Gasteiger partial charge in [0.25, 0.3) is 5.91 Å². The zero-order valence-electron chi connectivity index (χ0n) is 17.0. The number of halogens is 2. The highest BCUT2D eigenvalue weighted by Crippen LogP contribution is 2.26. The van der Waals surface area contributed by atoms with Gasteiger partial charge in [0.05, 0.1) is 11.7 Å². The lowest BCUT2D eigenvalue weighted by Crippen LogP contribution is -2.17. The van der Waals surface area contributed by atoms with E-state index in [9.17, 15) is 18.8 Å². The Bertz CT molecular complexity index is 1400. The number of nitrogens with one attached hydrogen (secondary N) is 1. The molecule has 0 spiro atoms. The third kappa shape index (κ3) is 3.62. The second-order valence-electron chi connectivity index (χ2n) is 7.29. The van der Waals surface area contributed by atoms with Crippen LogP contribution < -0.4 is 5.32 Å². The number of anilines is 1. The first-order chi connectivity index (χ1) is 14.8. The molecule has 0 aliphatic rings. The summed E-state index contributed by atoms with van der Waals surface area (Å²) in [6, 6.07) is 10.7. The fourth-order valence-corrected chi connectivity index (χ4v) is 3.48. The molecule has 6 nitrogen and oxygen atoms in total. The van der Waals surface area contributed by atoms with Crippen LogP contribution in [0.2, 0.25) is 0 Å². The van der Waals surface area contributed by atoms with E-state index in [0.29, 0.717) is 5.82 Å². The Morgan fingerprint density at radius 2 is 1.84 bits per heavy atom. The predicted molar refractivity (Wildman–Crippen MR) is 112 cm³/mol. The number of carbonyl (C=O) groups is 1. The molecular formula is C23H17F2N5O. The van der Waals surface area contributed by atoms with Gasteiger partial charge in [-0.1, -0.05) is 11.6 Å². The number of fused-ring (bicyclic) bond motifs is 1. The summed E-state index contributed by atoms with van der Waals surface area (Å²) in [6.07, 6.45) is 1.31. The lowest BCUT2D eigenvalue weighted by molar-refractivity contribution is 0.102. The van der Waals surface area contributed by atoms with Gasteiger partial charge < -0.3 is 5.32 Å². The molecule has 4 rings (SSSR count). The molecule has 8 heteroatoms. The molecule has 31 heavy (non-hydrogen) atoms. The van der Waals surface area contributed by atoms with Crippen LogP contribution in [0.4, 0.5) is 14.6 Å². The summed E-state index contributed by atoms with van der Waals surface area (Å²) in [4.78, 5) is 17.3. The molecule has 2 aromatic heterocycles. The van der Waals surface area contributed by atoms with Crippen molar-refractivity contribution in [2.75, 3.05) is 5.32 Å². The summed E-state index contributed by atoms with van der Waals surface area (Å²) in [7, 11) is 0. The number of hydrogen-bond donors (Lipinski definition) is 1. The van der Waals surface area contributed by atoms with Gasteiger partial charge in [-0.3, -0.25) is 4.79 Å². The smallest absolute Gasteiger partial charge is 0.256 e. The van der Waals surface area contributed by atoms with E-state index in [-0.39, 0.29) is 16.9 Å². The lowest BCUT2D eigenvalue weighted by atomic mass is 10.0. The van der Waals surface area contributed by atoms with Crippen molar-refractivity contribution in [2.24, 2.45) is 0 Å². The molecule has 0 aliphatic carbocycles. The molecule has 2 aromatic carbocycles. The van der Waals surface area contributed by atoms with Crippen molar-refractivity contribution in [3.8, 4) is 11.9 Å². The Kier molecular flexibility index (Phi) is 4.95. The summed E-state index contributed by atoms with van der Waals surface area (Å²) < 4.78 is 28.1. The van der Waals surface area contributed by atoms with Crippen LogP contribution in [0.25, 0.3) is 16.7 Å². The third-order valence-corrected chi connectivity index (χ3v) is 4.96. The predicted octanol–water partition coefficient (Wildman–Crippen LogP) is 4.75. The standard InChI is InChI=1S/C23H17F2N5O/c1-12-6-14(3)21-17(7-12)13(2)8-20(28-21)30-22(16(10-26)11-27-30)29-23(31)15-4-5-18(24)19(25)9-15/h4-9,11H,1-3H3,(H,29,31). The average molecular weight is 417 g/mol. The summed E-state index contributed by atoms with van der Waals surface area (Å²) >= 11 is 0. The van der Waals surface area contributed by atoms with E-state index in [1.165, 1.54) is 10.9 Å². The topological polar surface area (TPSA) is 83.6 Å². The van der Waals surface area contributed by atoms with Gasteiger partial charge in [-0.25, -0.2) is 13.8 Å². The van der Waals surface area contributed by atoms with Gasteiger partial charge in [-0.05, 0) is 62.2 Å². The van der Waals surface area contributed by atoms with E-state index >= 15 is 0 Å². The van der Waals surface area contributed by atoms with E-state index in [2.05, 4.69) is 10.4 Å². The SMILES string of the molecule is Cc1cc(C)c2nc(-n3ncc(C#N)c3NC(=O)c3ccc(F)c(F)c3)cc(C)c2c1. The highest BCUT2D eigenvalue weighted by molar-refractivity contribution is 6.04. The third-order valence-electron chi connectivity index (χ3n) is 4.96. The van der Waals surface area contributed by atoms with Crippen molar-refractivity contribution < 1.29 is 13.6 Å². The van der Waals surface area contributed by atoms with Crippen LogP contribution in [0, 0.1) is 43.7 Å². The van der Waals surface area contributed by atoms with Crippen LogP contribution in [0.5, 0.6) is 0 Å². The molecule has 4 aromatic rings. The number of carbonyl (C=O) groups excluding carboxylic acids is 1. The summed E-state index contributed by atoms with van der Waals surface area (Å²) in [5.41, 5.74) is 3.86. The minimum absolute atomic E-state index is 0.0910. The number of benzene rings is 2. The fourth-order valence-electron chi connectivity index (χ4n) is 3.48. The first-order valence-corrected chi connectivity index (χ1v) is 9.42. The number of aryl methyl sites for hydroxylation is 3. The van der Waals surface area contributed by atoms with E-state index in [1.54, 1.807) is 0 Å². The molecule has 2 heterocycles. The Labute approximate surface area is 176 Å². The molecule has 0 saturated carbocycles. The number of aromatic nitrogens is 3. The Morgan fingerprint density at radius 1 is 1.06 bits per heavy atom. The molecule has 0 fully saturated rings. The van der Waals surface area contributed by atoms with Crippen molar-refractivity contribution >= 4 is 22.6 Å². The zero-order valence-corrected chi connectivity index (χ0v) is 17.0. The fraction of sp³-hybridized carbons (Fsp3) is 0.130. The molecule has 1 N–H and O–H groups in total. The minimum Gasteiger partial charge on any atom is -0.305 e. The second-order valence-corrected chi connectivity index (χ2v) is 7.29. The number of nitriles is 1. The molecule has 1 amide bonds. The molecule has 0 radical (unpaired) electrons. The molecule has 0 atom stereocenters. The first-order valence-electron chi connectivity index (χ1n) is 9.42. The maximum Gasteiger partial charge on any atom is 0.256 e. The summed E-state index contributed by atoms with van der Waals surface area (Å²) in [5, 5.41) is 17.2. The van der Waals surface area contributed by atoms with Crippen molar-refractivity contribution in [2.45, 2.75) is 20.8 Å². The van der Waals surface area contributed by atoms with Crippen LogP contribution in [0.15, 0.2) is 42.6 Å². The summed E-state index contributed by atoms with van der Waals surface area (Å²) in [5.74, 6) is -2.39. The molecule has 154 valence electrons. The maximum absolute atomic E-state index is 13.5. The lowest BCUT2D eigenvalue weighted by Gasteiger charge is -2.13. The van der Waals surface area contributed by atoms with Crippen LogP contribution in [0.1, 0.15) is 32.6 Å². The normalized spacial score (nSPS) is 10.8. The Balaban J connectivity index is 1.81. The molecule has 0 bridgehead atoms. The highest BCUT2D eigenvalue weighted by atomic mass is 19.2. The first kappa shape index (κ1) is 20.2. The van der Waals surface area contributed by atoms with E-state index in [1.807, 2.05) is 45.0 Å². The van der Waals surface area contributed by atoms with Crippen LogP contribution in [0.3, 0.4) is 0 Å². The molecule has 0 saturated heterocycles. The van der Waals surface area contributed by atoms with E-state index < -0.39 is 17.5 Å². The van der Waals surface area contributed by atoms with Gasteiger partial charge >= 0.3 is 0 Å². The largest absolute Gasteiger partial charge is 0.305 e. The number of amides is 1. The maximum atomic E-state index is 13.5. The van der Waals surface area contributed by atoms with E-state index in [0.717, 1.165) is 45.8 Å². The molecular weight excluding hydrogens is 400 g/mol. The zero-order chi connectivity index (χ0) is 22.3. The van der Waals surface area contributed by atoms with Gasteiger partial charge in [-0.15, -0.1) is 0 Å². The Morgan fingerprint density at radius 3 is 2.55 bits per heavy atom. The van der Waals surface area contributed by atoms with Gasteiger partial charge in [0, 0.05) is 10.9 Å². The molecule has 0 unspecified atom stereocenters.